The molecule has 0 saturated heterocycles. The third-order valence-electron chi connectivity index (χ3n) is 2.16. The van der Waals surface area contributed by atoms with Gasteiger partial charge in [-0.2, -0.15) is 0 Å². The van der Waals surface area contributed by atoms with Crippen molar-refractivity contribution >= 4 is 39.7 Å². The number of nitrogens with one attached hydrogen (secondary N) is 1. The zero-order valence-electron chi connectivity index (χ0n) is 9.31. The van der Waals surface area contributed by atoms with Crippen molar-refractivity contribution in [3.05, 3.63) is 34.3 Å². The van der Waals surface area contributed by atoms with Gasteiger partial charge in [-0.1, -0.05) is 11.6 Å². The van der Waals surface area contributed by atoms with Crippen LogP contribution in [0.4, 0.5) is 10.8 Å². The molecule has 0 amide bonds. The highest BCUT2D eigenvalue weighted by atomic mass is 35.5. The summed E-state index contributed by atoms with van der Waals surface area (Å²) >= 11 is 7.07. The lowest BCUT2D eigenvalue weighted by atomic mass is 10.2. The molecule has 0 bridgehead atoms. The zero-order valence-corrected chi connectivity index (χ0v) is 10.9. The first-order chi connectivity index (χ1) is 8.60. The molecule has 0 radical (unpaired) electrons. The highest BCUT2D eigenvalue weighted by Gasteiger charge is 2.11. The number of thiazole rings is 1. The fraction of sp³-hybridized carbons (Fsp3) is 0.0909. The molecule has 94 valence electrons. The smallest absolute Gasteiger partial charge is 0.339 e. The predicted octanol–water partition coefficient (Wildman–Crippen LogP) is 3.25. The van der Waals surface area contributed by atoms with E-state index in [1.165, 1.54) is 24.5 Å². The summed E-state index contributed by atoms with van der Waals surface area (Å²) < 4.78 is 5.03. The van der Waals surface area contributed by atoms with E-state index in [-0.39, 0.29) is 11.3 Å². The van der Waals surface area contributed by atoms with Crippen LogP contribution >= 0.6 is 22.9 Å². The number of ether oxygens (including phenoxy) is 1. The van der Waals surface area contributed by atoms with Crippen molar-refractivity contribution in [3.63, 3.8) is 0 Å². The van der Waals surface area contributed by atoms with E-state index in [9.17, 15) is 4.79 Å². The number of rotatable bonds is 4. The van der Waals surface area contributed by atoms with Crippen LogP contribution in [-0.2, 0) is 0 Å². The highest BCUT2D eigenvalue weighted by Crippen LogP contribution is 2.27. The molecule has 1 aromatic carbocycles. The number of aromatic nitrogens is 1. The summed E-state index contributed by atoms with van der Waals surface area (Å²) in [4.78, 5) is 15.0. The fourth-order valence-corrected chi connectivity index (χ4v) is 2.24. The van der Waals surface area contributed by atoms with Crippen LogP contribution in [0.2, 0.25) is 5.15 Å². The fourth-order valence-electron chi connectivity index (χ4n) is 1.38. The third kappa shape index (κ3) is 2.72. The van der Waals surface area contributed by atoms with Gasteiger partial charge in [-0.05, 0) is 12.1 Å². The number of anilines is 2. The third-order valence-corrected chi connectivity index (χ3v) is 3.24. The Morgan fingerprint density at radius 2 is 2.33 bits per heavy atom. The maximum absolute atomic E-state index is 10.9. The Hall–Kier alpha value is -1.79. The second-order valence-electron chi connectivity index (χ2n) is 3.32. The number of aromatic carboxylic acids is 1. The molecule has 1 heterocycles. The molecule has 2 N–H and O–H groups in total. The van der Waals surface area contributed by atoms with E-state index in [2.05, 4.69) is 10.3 Å². The molecule has 0 fully saturated rings. The lowest BCUT2D eigenvalue weighted by molar-refractivity contribution is 0.0693. The van der Waals surface area contributed by atoms with Gasteiger partial charge < -0.3 is 15.2 Å². The Morgan fingerprint density at radius 3 is 2.89 bits per heavy atom. The van der Waals surface area contributed by atoms with E-state index in [1.807, 2.05) is 0 Å². The Bertz CT molecular complexity index is 585. The summed E-state index contributed by atoms with van der Waals surface area (Å²) in [5.74, 6) is -0.745. The van der Waals surface area contributed by atoms with Crippen LogP contribution in [0.1, 0.15) is 10.4 Å². The van der Waals surface area contributed by atoms with Crippen LogP contribution in [0.3, 0.4) is 0 Å². The van der Waals surface area contributed by atoms with Crippen molar-refractivity contribution in [2.45, 2.75) is 0 Å². The summed E-state index contributed by atoms with van der Waals surface area (Å²) in [5, 5.41) is 14.7. The number of benzene rings is 1. The molecule has 2 rings (SSSR count). The largest absolute Gasteiger partial charge is 0.496 e. The minimum atomic E-state index is -1.03. The zero-order chi connectivity index (χ0) is 13.1. The summed E-state index contributed by atoms with van der Waals surface area (Å²) in [5.41, 5.74) is 0.795. The van der Waals surface area contributed by atoms with E-state index in [4.69, 9.17) is 21.4 Å². The van der Waals surface area contributed by atoms with Crippen molar-refractivity contribution < 1.29 is 14.6 Å². The van der Waals surface area contributed by atoms with Gasteiger partial charge in [0.1, 0.15) is 16.5 Å². The molecule has 0 aliphatic carbocycles. The van der Waals surface area contributed by atoms with Crippen LogP contribution < -0.4 is 10.1 Å². The van der Waals surface area contributed by atoms with Gasteiger partial charge in [0.2, 0.25) is 0 Å². The molecule has 5 nitrogen and oxygen atoms in total. The van der Waals surface area contributed by atoms with E-state index in [1.54, 1.807) is 17.5 Å². The normalized spacial score (nSPS) is 10.1. The van der Waals surface area contributed by atoms with Gasteiger partial charge in [0, 0.05) is 17.1 Å². The van der Waals surface area contributed by atoms with Crippen molar-refractivity contribution in [1.82, 2.24) is 4.98 Å². The lowest BCUT2D eigenvalue weighted by Gasteiger charge is -2.08. The predicted molar refractivity (Wildman–Crippen MR) is 70.4 cm³/mol. The van der Waals surface area contributed by atoms with Crippen LogP contribution in [0.5, 0.6) is 5.75 Å². The van der Waals surface area contributed by atoms with Crippen molar-refractivity contribution in [3.8, 4) is 5.75 Å². The number of hydrogen-bond donors (Lipinski definition) is 2. The van der Waals surface area contributed by atoms with Crippen LogP contribution in [-0.4, -0.2) is 23.2 Å². The molecule has 0 aliphatic heterocycles. The number of hydrogen-bond acceptors (Lipinski definition) is 5. The van der Waals surface area contributed by atoms with Gasteiger partial charge in [0.05, 0.1) is 7.11 Å². The number of methoxy groups -OCH3 is 1. The molecule has 0 saturated carbocycles. The van der Waals surface area contributed by atoms with Gasteiger partial charge in [-0.25, -0.2) is 9.78 Å². The molecule has 0 spiro atoms. The monoisotopic (exact) mass is 284 g/mol. The first-order valence-corrected chi connectivity index (χ1v) is 6.15. The van der Waals surface area contributed by atoms with E-state index >= 15 is 0 Å². The average molecular weight is 285 g/mol. The molecule has 1 aromatic heterocycles. The van der Waals surface area contributed by atoms with Gasteiger partial charge in [0.15, 0.2) is 5.13 Å². The Kier molecular flexibility index (Phi) is 3.69. The Morgan fingerprint density at radius 1 is 1.56 bits per heavy atom. The minimum absolute atomic E-state index is 0.111. The van der Waals surface area contributed by atoms with Gasteiger partial charge in [-0.15, -0.1) is 11.3 Å². The summed E-state index contributed by atoms with van der Waals surface area (Å²) in [6.07, 6.45) is 0. The molecular weight excluding hydrogens is 276 g/mol. The Balaban J connectivity index is 2.27. The van der Waals surface area contributed by atoms with Gasteiger partial charge >= 0.3 is 5.97 Å². The molecule has 0 unspecified atom stereocenters. The number of nitrogens with zero attached hydrogens (tertiary/aromatic N) is 1. The van der Waals surface area contributed by atoms with Crippen molar-refractivity contribution in [1.29, 1.82) is 0 Å². The number of carboxylic acids is 1. The first-order valence-electron chi connectivity index (χ1n) is 4.89. The molecule has 7 heteroatoms. The highest BCUT2D eigenvalue weighted by molar-refractivity contribution is 7.14. The summed E-state index contributed by atoms with van der Waals surface area (Å²) in [6.45, 7) is 0. The number of carboxylic acid groups (broad SMARTS) is 1. The van der Waals surface area contributed by atoms with Crippen LogP contribution in [0.25, 0.3) is 0 Å². The summed E-state index contributed by atoms with van der Waals surface area (Å²) in [7, 11) is 1.42. The average Bonchev–Trinajstić information content (AvgIpc) is 2.74. The Labute approximate surface area is 112 Å². The van der Waals surface area contributed by atoms with Crippen molar-refractivity contribution in [2.24, 2.45) is 0 Å². The molecule has 0 aliphatic rings. The molecule has 2 aromatic rings. The van der Waals surface area contributed by atoms with Gasteiger partial charge in [0.25, 0.3) is 0 Å². The van der Waals surface area contributed by atoms with E-state index in [0.29, 0.717) is 16.0 Å². The van der Waals surface area contributed by atoms with Crippen molar-refractivity contribution in [2.75, 3.05) is 12.4 Å². The van der Waals surface area contributed by atoms with Gasteiger partial charge in [-0.3, -0.25) is 0 Å². The standard InChI is InChI=1S/C11H9ClN2O3S/c1-17-8-4-6(2-3-7(8)10(15)16)13-11-14-9(12)5-18-11/h2-5H,1H3,(H,13,14)(H,15,16). The molecule has 18 heavy (non-hydrogen) atoms. The second-order valence-corrected chi connectivity index (χ2v) is 4.57. The topological polar surface area (TPSA) is 71.5 Å². The SMILES string of the molecule is COc1cc(Nc2nc(Cl)cs2)ccc1C(=O)O. The second kappa shape index (κ2) is 5.24. The van der Waals surface area contributed by atoms with E-state index < -0.39 is 5.97 Å². The summed E-state index contributed by atoms with van der Waals surface area (Å²) in [6, 6.07) is 4.71. The molecule has 0 atom stereocenters. The van der Waals surface area contributed by atoms with E-state index in [0.717, 1.165) is 0 Å². The number of halogens is 1. The quantitative estimate of drug-likeness (QED) is 0.902. The minimum Gasteiger partial charge on any atom is -0.496 e. The first kappa shape index (κ1) is 12.7. The number of carbonyl (C=O) groups is 1. The molecular formula is C11H9ClN2O3S. The van der Waals surface area contributed by atoms with Crippen LogP contribution in [0.15, 0.2) is 23.6 Å². The van der Waals surface area contributed by atoms with Crippen LogP contribution in [0, 0.1) is 0 Å². The lowest BCUT2D eigenvalue weighted by Crippen LogP contribution is -2.01. The maximum atomic E-state index is 10.9. The maximum Gasteiger partial charge on any atom is 0.339 e.